The Morgan fingerprint density at radius 3 is 2.90 bits per heavy atom. The molecule has 0 spiro atoms. The number of thioether (sulfide) groups is 1. The maximum atomic E-state index is 13.4. The molecule has 1 unspecified atom stereocenters. The van der Waals surface area contributed by atoms with Gasteiger partial charge in [0.15, 0.2) is 5.16 Å². The van der Waals surface area contributed by atoms with E-state index >= 15 is 0 Å². The zero-order valence-corrected chi connectivity index (χ0v) is 17.1. The topological polar surface area (TPSA) is 89.6 Å². The van der Waals surface area contributed by atoms with Gasteiger partial charge in [-0.05, 0) is 38.5 Å². The van der Waals surface area contributed by atoms with Crippen LogP contribution >= 0.6 is 11.8 Å². The molecule has 4 aromatic rings. The molecule has 0 radical (unpaired) electrons. The summed E-state index contributed by atoms with van der Waals surface area (Å²) in [4.78, 5) is 25.1. The van der Waals surface area contributed by atoms with Crippen LogP contribution in [-0.4, -0.2) is 24.7 Å². The fourth-order valence-corrected chi connectivity index (χ4v) is 3.98. The second-order valence-electron chi connectivity index (χ2n) is 6.85. The molecular weight excluding hydrogens is 393 g/mol. The molecule has 0 saturated carbocycles. The number of hydrogen-bond donors (Lipinski definition) is 1. The second kappa shape index (κ2) is 7.82. The molecule has 4 rings (SSSR count). The third kappa shape index (κ3) is 3.82. The number of benzene rings is 1. The van der Waals surface area contributed by atoms with Crippen LogP contribution in [-0.2, 0) is 5.75 Å². The summed E-state index contributed by atoms with van der Waals surface area (Å²) in [7, 11) is 0. The van der Waals surface area contributed by atoms with Crippen LogP contribution in [0.5, 0.6) is 0 Å². The lowest BCUT2D eigenvalue weighted by Gasteiger charge is -2.16. The largest absolute Gasteiger partial charge is 0.353 e. The van der Waals surface area contributed by atoms with E-state index in [0.29, 0.717) is 39.2 Å². The Bertz CT molecular complexity index is 1230. The van der Waals surface area contributed by atoms with E-state index in [1.165, 1.54) is 23.9 Å². The standard InChI is InChI=1S/C20H20FN5O2S/c1-4-12(3)26-19(27)17-15(8-11(2)22-17)23-20(26)29-10-16-24-18(25-28-16)13-6-5-7-14(21)9-13/h5-9,12,22H,4,10H2,1-3H3. The minimum Gasteiger partial charge on any atom is -0.353 e. The van der Waals surface area contributed by atoms with Crippen LogP contribution in [0.15, 0.2) is 44.8 Å². The molecule has 0 amide bonds. The Kier molecular flexibility index (Phi) is 5.23. The van der Waals surface area contributed by atoms with E-state index in [1.807, 2.05) is 26.8 Å². The highest BCUT2D eigenvalue weighted by Crippen LogP contribution is 2.26. The molecular formula is C20H20FN5O2S. The van der Waals surface area contributed by atoms with Gasteiger partial charge in [0, 0.05) is 17.3 Å². The molecule has 0 saturated heterocycles. The third-order valence-corrected chi connectivity index (χ3v) is 5.63. The van der Waals surface area contributed by atoms with Crippen molar-refractivity contribution < 1.29 is 8.91 Å². The van der Waals surface area contributed by atoms with Gasteiger partial charge in [0.1, 0.15) is 11.3 Å². The van der Waals surface area contributed by atoms with Crippen LogP contribution in [0.1, 0.15) is 37.9 Å². The van der Waals surface area contributed by atoms with Crippen molar-refractivity contribution in [3.8, 4) is 11.4 Å². The molecule has 3 aromatic heterocycles. The molecule has 0 aliphatic heterocycles. The molecule has 1 atom stereocenters. The van der Waals surface area contributed by atoms with Crippen LogP contribution in [0, 0.1) is 12.7 Å². The van der Waals surface area contributed by atoms with Gasteiger partial charge in [-0.25, -0.2) is 9.37 Å². The minimum atomic E-state index is -0.361. The van der Waals surface area contributed by atoms with E-state index < -0.39 is 0 Å². The van der Waals surface area contributed by atoms with Gasteiger partial charge in [0.05, 0.1) is 11.3 Å². The SMILES string of the molecule is CCC(C)n1c(SCc2nc(-c3cccc(F)c3)no2)nc2cc(C)[nH]c2c1=O. The van der Waals surface area contributed by atoms with E-state index in [9.17, 15) is 9.18 Å². The Balaban J connectivity index is 1.64. The molecule has 0 aliphatic rings. The van der Waals surface area contributed by atoms with Crippen molar-refractivity contribution in [3.63, 3.8) is 0 Å². The van der Waals surface area contributed by atoms with Gasteiger partial charge in [0.25, 0.3) is 5.56 Å². The van der Waals surface area contributed by atoms with Gasteiger partial charge < -0.3 is 9.51 Å². The average Bonchev–Trinajstić information content (AvgIpc) is 3.32. The van der Waals surface area contributed by atoms with Crippen LogP contribution in [0.25, 0.3) is 22.4 Å². The molecule has 7 nitrogen and oxygen atoms in total. The minimum absolute atomic E-state index is 0.00366. The van der Waals surface area contributed by atoms with Gasteiger partial charge in [-0.1, -0.05) is 36.0 Å². The first-order valence-corrected chi connectivity index (χ1v) is 10.3. The van der Waals surface area contributed by atoms with Gasteiger partial charge in [0.2, 0.25) is 11.7 Å². The van der Waals surface area contributed by atoms with Gasteiger partial charge >= 0.3 is 0 Å². The van der Waals surface area contributed by atoms with Gasteiger partial charge in [-0.3, -0.25) is 9.36 Å². The normalized spacial score (nSPS) is 12.6. The Morgan fingerprint density at radius 2 is 2.14 bits per heavy atom. The second-order valence-corrected chi connectivity index (χ2v) is 7.79. The number of halogens is 1. The first kappa shape index (κ1) is 19.4. The molecule has 0 fully saturated rings. The molecule has 1 N–H and O–H groups in total. The first-order valence-electron chi connectivity index (χ1n) is 9.29. The highest BCUT2D eigenvalue weighted by atomic mass is 32.2. The monoisotopic (exact) mass is 413 g/mol. The van der Waals surface area contributed by atoms with E-state index in [0.717, 1.165) is 12.1 Å². The number of fused-ring (bicyclic) bond motifs is 1. The lowest BCUT2D eigenvalue weighted by molar-refractivity contribution is 0.391. The van der Waals surface area contributed by atoms with E-state index in [1.54, 1.807) is 16.7 Å². The molecule has 0 aliphatic carbocycles. The summed E-state index contributed by atoms with van der Waals surface area (Å²) in [5.41, 5.74) is 2.49. The van der Waals surface area contributed by atoms with Crippen molar-refractivity contribution in [2.45, 2.75) is 44.1 Å². The summed E-state index contributed by atoms with van der Waals surface area (Å²) in [5.74, 6) is 0.689. The van der Waals surface area contributed by atoms with E-state index in [2.05, 4.69) is 20.1 Å². The third-order valence-electron chi connectivity index (χ3n) is 4.69. The summed E-state index contributed by atoms with van der Waals surface area (Å²) in [6, 6.07) is 7.88. The van der Waals surface area contributed by atoms with Crippen LogP contribution in [0.4, 0.5) is 4.39 Å². The maximum absolute atomic E-state index is 13.4. The molecule has 150 valence electrons. The Labute approximate surface area is 170 Å². The highest BCUT2D eigenvalue weighted by molar-refractivity contribution is 7.98. The van der Waals surface area contributed by atoms with E-state index in [-0.39, 0.29) is 17.4 Å². The van der Waals surface area contributed by atoms with Crippen molar-refractivity contribution in [2.24, 2.45) is 0 Å². The average molecular weight is 413 g/mol. The zero-order valence-electron chi connectivity index (χ0n) is 16.3. The Morgan fingerprint density at radius 1 is 1.31 bits per heavy atom. The summed E-state index contributed by atoms with van der Waals surface area (Å²) < 4.78 is 20.4. The molecule has 9 heteroatoms. The van der Waals surface area contributed by atoms with Gasteiger partial charge in [-0.2, -0.15) is 4.98 Å². The predicted molar refractivity (Wildman–Crippen MR) is 109 cm³/mol. The van der Waals surface area contributed by atoms with Crippen molar-refractivity contribution in [1.82, 2.24) is 24.7 Å². The predicted octanol–water partition coefficient (Wildman–Crippen LogP) is 4.49. The fraction of sp³-hybridized carbons (Fsp3) is 0.300. The molecule has 0 bridgehead atoms. The highest BCUT2D eigenvalue weighted by Gasteiger charge is 2.18. The number of aromatic amines is 1. The van der Waals surface area contributed by atoms with Crippen molar-refractivity contribution in [3.05, 3.63) is 58.1 Å². The smallest absolute Gasteiger partial charge is 0.278 e. The lowest BCUT2D eigenvalue weighted by atomic mass is 10.2. The summed E-state index contributed by atoms with van der Waals surface area (Å²) in [6.45, 7) is 5.91. The van der Waals surface area contributed by atoms with Crippen LogP contribution < -0.4 is 5.56 Å². The lowest BCUT2D eigenvalue weighted by Crippen LogP contribution is -2.26. The van der Waals surface area contributed by atoms with Crippen molar-refractivity contribution in [2.75, 3.05) is 0 Å². The number of nitrogens with one attached hydrogen (secondary N) is 1. The number of nitrogens with zero attached hydrogens (tertiary/aromatic N) is 4. The number of H-pyrrole nitrogens is 1. The number of hydrogen-bond acceptors (Lipinski definition) is 6. The summed E-state index contributed by atoms with van der Waals surface area (Å²) >= 11 is 1.36. The van der Waals surface area contributed by atoms with Crippen molar-refractivity contribution in [1.29, 1.82) is 0 Å². The van der Waals surface area contributed by atoms with Crippen LogP contribution in [0.2, 0.25) is 0 Å². The van der Waals surface area contributed by atoms with Crippen molar-refractivity contribution >= 4 is 22.8 Å². The van der Waals surface area contributed by atoms with Crippen LogP contribution in [0.3, 0.4) is 0 Å². The molecule has 29 heavy (non-hydrogen) atoms. The Hall–Kier alpha value is -2.94. The van der Waals surface area contributed by atoms with Gasteiger partial charge in [-0.15, -0.1) is 0 Å². The summed E-state index contributed by atoms with van der Waals surface area (Å²) in [5, 5.41) is 4.52. The number of aromatic nitrogens is 5. The quantitative estimate of drug-likeness (QED) is 0.370. The zero-order chi connectivity index (χ0) is 20.5. The number of rotatable bonds is 6. The summed E-state index contributed by atoms with van der Waals surface area (Å²) in [6.07, 6.45) is 0.796. The number of aryl methyl sites for hydroxylation is 1. The fourth-order valence-electron chi connectivity index (χ4n) is 3.05. The maximum Gasteiger partial charge on any atom is 0.278 e. The first-order chi connectivity index (χ1) is 14.0. The molecule has 3 heterocycles. The molecule has 1 aromatic carbocycles. The van der Waals surface area contributed by atoms with E-state index in [4.69, 9.17) is 4.52 Å².